The third-order valence-corrected chi connectivity index (χ3v) is 2.81. The van der Waals surface area contributed by atoms with Crippen molar-refractivity contribution in [3.05, 3.63) is 11.9 Å². The maximum Gasteiger partial charge on any atom is 0.0483 e. The molecule has 0 saturated heterocycles. The molecule has 0 spiro atoms. The lowest BCUT2D eigenvalue weighted by Crippen LogP contribution is -2.37. The normalized spacial score (nSPS) is 12.7. The van der Waals surface area contributed by atoms with E-state index in [4.69, 9.17) is 0 Å². The van der Waals surface area contributed by atoms with Crippen molar-refractivity contribution < 1.29 is 0 Å². The van der Waals surface area contributed by atoms with Crippen LogP contribution >= 0.6 is 0 Å². The molecule has 0 amide bonds. The fourth-order valence-electron chi connectivity index (χ4n) is 1.80. The minimum atomic E-state index is 1.11. The summed E-state index contributed by atoms with van der Waals surface area (Å²) in [5.41, 5.74) is 7.68. The fraction of sp³-hybridized carbons (Fsp3) is 0.875. The summed E-state index contributed by atoms with van der Waals surface area (Å²) in [5, 5.41) is 2.25. The highest BCUT2D eigenvalue weighted by Crippen LogP contribution is 2.15. The SMILES string of the molecule is CC.CC.CCCCCCC1=CNNN1CCCC. The van der Waals surface area contributed by atoms with E-state index in [0.29, 0.717) is 0 Å². The topological polar surface area (TPSA) is 27.3 Å². The Morgan fingerprint density at radius 1 is 0.895 bits per heavy atom. The van der Waals surface area contributed by atoms with Gasteiger partial charge in [0, 0.05) is 18.4 Å². The van der Waals surface area contributed by atoms with E-state index in [-0.39, 0.29) is 0 Å². The van der Waals surface area contributed by atoms with Gasteiger partial charge in [0.15, 0.2) is 0 Å². The molecular formula is C16H37N3. The first kappa shape index (κ1) is 20.6. The number of unbranched alkanes of at least 4 members (excludes halogenated alkanes) is 4. The van der Waals surface area contributed by atoms with Crippen LogP contribution in [0.15, 0.2) is 11.9 Å². The lowest BCUT2D eigenvalue weighted by atomic mass is 10.1. The number of rotatable bonds is 8. The van der Waals surface area contributed by atoms with Gasteiger partial charge in [0.25, 0.3) is 0 Å². The minimum Gasteiger partial charge on any atom is -0.309 e. The molecule has 0 aromatic heterocycles. The van der Waals surface area contributed by atoms with Gasteiger partial charge in [-0.05, 0) is 19.3 Å². The predicted octanol–water partition coefficient (Wildman–Crippen LogP) is 4.98. The van der Waals surface area contributed by atoms with E-state index in [9.17, 15) is 0 Å². The van der Waals surface area contributed by atoms with Gasteiger partial charge in [0.2, 0.25) is 0 Å². The lowest BCUT2D eigenvalue weighted by Gasteiger charge is -2.20. The Bertz CT molecular complexity index is 190. The molecule has 2 N–H and O–H groups in total. The number of nitrogens with zero attached hydrogens (tertiary/aromatic N) is 1. The molecule has 0 atom stereocenters. The van der Waals surface area contributed by atoms with E-state index in [0.717, 1.165) is 6.54 Å². The molecule has 0 aromatic rings. The summed E-state index contributed by atoms with van der Waals surface area (Å²) in [6, 6.07) is 0. The first-order valence-corrected chi connectivity index (χ1v) is 8.36. The van der Waals surface area contributed by atoms with Gasteiger partial charge < -0.3 is 5.43 Å². The molecule has 0 aliphatic carbocycles. The summed E-state index contributed by atoms with van der Waals surface area (Å²) in [4.78, 5) is 0. The Morgan fingerprint density at radius 3 is 2.11 bits per heavy atom. The van der Waals surface area contributed by atoms with Gasteiger partial charge in [-0.1, -0.05) is 67.2 Å². The maximum atomic E-state index is 3.17. The molecule has 3 heteroatoms. The number of hydrogen-bond donors (Lipinski definition) is 2. The monoisotopic (exact) mass is 271 g/mol. The predicted molar refractivity (Wildman–Crippen MR) is 87.4 cm³/mol. The Balaban J connectivity index is 0. The Kier molecular flexibility index (Phi) is 18.8. The second-order valence-electron chi connectivity index (χ2n) is 4.21. The quantitative estimate of drug-likeness (QED) is 0.610. The van der Waals surface area contributed by atoms with Crippen molar-refractivity contribution in [2.45, 2.75) is 86.5 Å². The molecule has 19 heavy (non-hydrogen) atoms. The molecule has 1 heterocycles. The van der Waals surface area contributed by atoms with Crippen LogP contribution in [0.25, 0.3) is 0 Å². The van der Waals surface area contributed by atoms with Crippen molar-refractivity contribution in [3.8, 4) is 0 Å². The zero-order valence-corrected chi connectivity index (χ0v) is 14.2. The molecule has 0 radical (unpaired) electrons. The van der Waals surface area contributed by atoms with Gasteiger partial charge >= 0.3 is 0 Å². The van der Waals surface area contributed by atoms with Crippen LogP contribution in [0.3, 0.4) is 0 Å². The molecule has 1 aliphatic heterocycles. The van der Waals surface area contributed by atoms with E-state index in [1.807, 2.05) is 27.7 Å². The van der Waals surface area contributed by atoms with Gasteiger partial charge in [-0.3, -0.25) is 5.01 Å². The number of hydrogen-bond acceptors (Lipinski definition) is 3. The average Bonchev–Trinajstić information content (AvgIpc) is 2.93. The van der Waals surface area contributed by atoms with E-state index in [2.05, 4.69) is 36.0 Å². The second-order valence-corrected chi connectivity index (χ2v) is 4.21. The van der Waals surface area contributed by atoms with Crippen LogP contribution in [0, 0.1) is 0 Å². The van der Waals surface area contributed by atoms with Crippen molar-refractivity contribution in [3.63, 3.8) is 0 Å². The molecule has 0 aromatic carbocycles. The largest absolute Gasteiger partial charge is 0.309 e. The third-order valence-electron chi connectivity index (χ3n) is 2.81. The summed E-state index contributed by atoms with van der Waals surface area (Å²) in [6.45, 7) is 13.6. The average molecular weight is 271 g/mol. The molecule has 1 aliphatic rings. The van der Waals surface area contributed by atoms with Crippen LogP contribution < -0.4 is 11.0 Å². The van der Waals surface area contributed by atoms with Gasteiger partial charge in [-0.15, -0.1) is 5.53 Å². The molecule has 116 valence electrons. The van der Waals surface area contributed by atoms with E-state index in [1.54, 1.807) is 0 Å². The van der Waals surface area contributed by atoms with Crippen molar-refractivity contribution >= 4 is 0 Å². The maximum absolute atomic E-state index is 3.17. The molecular weight excluding hydrogens is 234 g/mol. The first-order valence-electron chi connectivity index (χ1n) is 8.36. The highest BCUT2D eigenvalue weighted by atomic mass is 15.7. The van der Waals surface area contributed by atoms with Crippen LogP contribution in [0.5, 0.6) is 0 Å². The van der Waals surface area contributed by atoms with Gasteiger partial charge in [0.05, 0.1) is 0 Å². The van der Waals surface area contributed by atoms with Gasteiger partial charge in [-0.2, -0.15) is 0 Å². The van der Waals surface area contributed by atoms with Gasteiger partial charge in [0.1, 0.15) is 0 Å². The van der Waals surface area contributed by atoms with Crippen LogP contribution in [0.1, 0.15) is 86.5 Å². The Hall–Kier alpha value is -0.700. The highest BCUT2D eigenvalue weighted by molar-refractivity contribution is 5.02. The Morgan fingerprint density at radius 2 is 1.53 bits per heavy atom. The van der Waals surface area contributed by atoms with Crippen LogP contribution in [0.2, 0.25) is 0 Å². The fourth-order valence-corrected chi connectivity index (χ4v) is 1.80. The van der Waals surface area contributed by atoms with Crippen molar-refractivity contribution in [2.75, 3.05) is 6.54 Å². The van der Waals surface area contributed by atoms with E-state index in [1.165, 1.54) is 50.6 Å². The third kappa shape index (κ3) is 10.9. The first-order chi connectivity index (χ1) is 9.38. The smallest absolute Gasteiger partial charge is 0.0483 e. The number of hydrazine groups is 2. The summed E-state index contributed by atoms with van der Waals surface area (Å²) in [5.74, 6) is 0. The van der Waals surface area contributed by atoms with Crippen molar-refractivity contribution in [1.82, 2.24) is 16.0 Å². The lowest BCUT2D eigenvalue weighted by molar-refractivity contribution is 0.239. The van der Waals surface area contributed by atoms with Crippen molar-refractivity contribution in [1.29, 1.82) is 0 Å². The Labute approximate surface area is 121 Å². The zero-order valence-electron chi connectivity index (χ0n) is 14.2. The molecule has 0 bridgehead atoms. The summed E-state index contributed by atoms with van der Waals surface area (Å²) in [7, 11) is 0. The second kappa shape index (κ2) is 17.3. The molecule has 0 unspecified atom stereocenters. The standard InChI is InChI=1S/C12H25N3.2C2H6/c1-3-5-7-8-9-12-11-13-14-15(12)10-6-4-2;2*1-2/h11,13-14H,3-10H2,1-2H3;2*1-2H3. The van der Waals surface area contributed by atoms with Crippen LogP contribution in [-0.2, 0) is 0 Å². The molecule has 3 nitrogen and oxygen atoms in total. The van der Waals surface area contributed by atoms with Crippen LogP contribution in [0.4, 0.5) is 0 Å². The molecule has 1 rings (SSSR count). The van der Waals surface area contributed by atoms with E-state index >= 15 is 0 Å². The molecule has 0 fully saturated rings. The van der Waals surface area contributed by atoms with Crippen LogP contribution in [-0.4, -0.2) is 11.6 Å². The summed E-state index contributed by atoms with van der Waals surface area (Å²) < 4.78 is 0. The minimum absolute atomic E-state index is 1.11. The number of nitrogens with one attached hydrogen (secondary N) is 2. The highest BCUT2D eigenvalue weighted by Gasteiger charge is 2.12. The zero-order chi connectivity index (χ0) is 14.9. The van der Waals surface area contributed by atoms with E-state index < -0.39 is 0 Å². The summed E-state index contributed by atoms with van der Waals surface area (Å²) >= 11 is 0. The van der Waals surface area contributed by atoms with Gasteiger partial charge in [-0.25, -0.2) is 0 Å². The summed E-state index contributed by atoms with van der Waals surface area (Å²) in [6.07, 6.45) is 11.1. The number of allylic oxidation sites excluding steroid dienone is 1. The van der Waals surface area contributed by atoms with Crippen molar-refractivity contribution in [2.24, 2.45) is 0 Å². The molecule has 0 saturated carbocycles.